The summed E-state index contributed by atoms with van der Waals surface area (Å²) >= 11 is 5.47. The maximum Gasteiger partial charge on any atom is 0.145 e. The van der Waals surface area contributed by atoms with E-state index in [9.17, 15) is 9.18 Å². The molecule has 8 heteroatoms. The number of thiocarbonyl (C=S) groups is 1. The van der Waals surface area contributed by atoms with Gasteiger partial charge in [-0.1, -0.05) is 36.5 Å². The van der Waals surface area contributed by atoms with Crippen molar-refractivity contribution in [2.75, 3.05) is 36.7 Å². The number of aldehydes is 1. The van der Waals surface area contributed by atoms with Crippen molar-refractivity contribution in [3.63, 3.8) is 0 Å². The van der Waals surface area contributed by atoms with E-state index < -0.39 is 11.4 Å². The Balaban J connectivity index is 1.68. The lowest BCUT2D eigenvalue weighted by molar-refractivity contribution is -0.111. The lowest BCUT2D eigenvalue weighted by Gasteiger charge is -2.42. The van der Waals surface area contributed by atoms with Gasteiger partial charge in [0.25, 0.3) is 0 Å². The minimum absolute atomic E-state index is 0.0190. The normalized spacial score (nSPS) is 13.5. The Morgan fingerprint density at radius 3 is 2.39 bits per heavy atom. The fraction of sp³-hybridized carbons (Fsp3) is 0.364. The third-order valence-electron chi connectivity index (χ3n) is 7.21. The minimum Gasteiger partial charge on any atom is -0.498 e. The summed E-state index contributed by atoms with van der Waals surface area (Å²) in [5, 5.41) is 9.09. The first-order chi connectivity index (χ1) is 19.8. The van der Waals surface area contributed by atoms with Crippen molar-refractivity contribution in [2.24, 2.45) is 0 Å². The predicted octanol–water partition coefficient (Wildman–Crippen LogP) is 7.35. The van der Waals surface area contributed by atoms with E-state index in [0.29, 0.717) is 18.9 Å². The number of hydrogen-bond donors (Lipinski definition) is 0. The van der Waals surface area contributed by atoms with E-state index in [1.807, 2.05) is 42.0 Å². The molecule has 0 radical (unpaired) electrons. The third kappa shape index (κ3) is 8.12. The van der Waals surface area contributed by atoms with Gasteiger partial charge in [-0.2, -0.15) is 5.26 Å². The first-order valence-corrected chi connectivity index (χ1v) is 14.2. The summed E-state index contributed by atoms with van der Waals surface area (Å²) in [6.45, 7) is 7.46. The van der Waals surface area contributed by atoms with Gasteiger partial charge in [0.15, 0.2) is 0 Å². The van der Waals surface area contributed by atoms with Crippen molar-refractivity contribution in [1.82, 2.24) is 0 Å². The lowest BCUT2D eigenvalue weighted by atomic mass is 9.94. The Labute approximate surface area is 248 Å². The Morgan fingerprint density at radius 2 is 1.80 bits per heavy atom. The molecule has 0 saturated heterocycles. The second-order valence-electron chi connectivity index (χ2n) is 10.2. The van der Waals surface area contributed by atoms with Crippen LogP contribution in [0.1, 0.15) is 57.6 Å². The van der Waals surface area contributed by atoms with Gasteiger partial charge in [-0.05, 0) is 87.6 Å². The van der Waals surface area contributed by atoms with Crippen LogP contribution in [0, 0.1) is 17.1 Å². The number of anilines is 2. The van der Waals surface area contributed by atoms with Crippen LogP contribution in [0.2, 0.25) is 0 Å². The van der Waals surface area contributed by atoms with Gasteiger partial charge >= 0.3 is 0 Å². The van der Waals surface area contributed by atoms with E-state index in [1.54, 1.807) is 11.6 Å². The highest BCUT2D eigenvalue weighted by molar-refractivity contribution is 7.79. The number of unbranched alkanes of at least 4 members (excludes halogenated alkanes) is 1. The third-order valence-corrected chi connectivity index (χ3v) is 7.42. The molecule has 1 aliphatic carbocycles. The summed E-state index contributed by atoms with van der Waals surface area (Å²) in [5.41, 5.74) is 6.01. The predicted molar refractivity (Wildman–Crippen MR) is 167 cm³/mol. The fourth-order valence-electron chi connectivity index (χ4n) is 4.99. The average molecular weight is 576 g/mol. The van der Waals surface area contributed by atoms with Gasteiger partial charge in [0.2, 0.25) is 0 Å². The molecule has 0 amide bonds. The molecule has 0 saturated carbocycles. The van der Waals surface area contributed by atoms with E-state index in [1.165, 1.54) is 17.7 Å². The van der Waals surface area contributed by atoms with E-state index in [0.717, 1.165) is 54.7 Å². The largest absolute Gasteiger partial charge is 0.498 e. The second kappa shape index (κ2) is 15.3. The Hall–Kier alpha value is -3.80. The number of likely N-dealkylation sites (N-methyl/N-ethyl adjacent to an activating group) is 1. The first-order valence-electron chi connectivity index (χ1n) is 13.8. The molecule has 0 atom stereocenters. The summed E-state index contributed by atoms with van der Waals surface area (Å²) in [7, 11) is 1.88. The van der Waals surface area contributed by atoms with Crippen molar-refractivity contribution in [1.29, 1.82) is 5.26 Å². The van der Waals surface area contributed by atoms with E-state index in [-0.39, 0.29) is 12.2 Å². The topological polar surface area (TPSA) is 65.8 Å². The van der Waals surface area contributed by atoms with Crippen molar-refractivity contribution in [3.8, 4) is 6.07 Å². The van der Waals surface area contributed by atoms with Crippen LogP contribution in [0.5, 0.6) is 0 Å². The molecule has 0 spiro atoms. The van der Waals surface area contributed by atoms with Crippen LogP contribution >= 0.6 is 12.2 Å². The number of nitriles is 1. The first kappa shape index (κ1) is 31.7. The molecule has 0 bridgehead atoms. The van der Waals surface area contributed by atoms with Crippen LogP contribution in [0.3, 0.4) is 0 Å². The number of rotatable bonds is 15. The highest BCUT2D eigenvalue weighted by Crippen LogP contribution is 2.35. The van der Waals surface area contributed by atoms with Crippen molar-refractivity contribution < 1.29 is 18.7 Å². The number of halogens is 1. The van der Waals surface area contributed by atoms with Crippen LogP contribution in [-0.2, 0) is 14.3 Å². The number of carbonyl (C=O) groups excluding carboxylic acids is 1. The molecule has 0 aliphatic heterocycles. The number of ether oxygens (including phenoxy) is 2. The summed E-state index contributed by atoms with van der Waals surface area (Å²) in [5.74, 6) is 0.438. The quantitative estimate of drug-likeness (QED) is 0.125. The highest BCUT2D eigenvalue weighted by atomic mass is 32.1. The molecule has 2 aromatic rings. The second-order valence-corrected chi connectivity index (χ2v) is 10.4. The molecule has 216 valence electrons. The van der Waals surface area contributed by atoms with Gasteiger partial charge in [0, 0.05) is 37.1 Å². The van der Waals surface area contributed by atoms with Gasteiger partial charge in [0.1, 0.15) is 24.8 Å². The minimum atomic E-state index is -0.559. The molecular weight excluding hydrogens is 537 g/mol. The van der Waals surface area contributed by atoms with E-state index >= 15 is 0 Å². The van der Waals surface area contributed by atoms with Gasteiger partial charge in [0.05, 0.1) is 29.0 Å². The summed E-state index contributed by atoms with van der Waals surface area (Å²) in [6.07, 6.45) is 10.4. The van der Waals surface area contributed by atoms with Crippen LogP contribution in [0.15, 0.2) is 72.1 Å². The number of nitrogens with zero attached hydrogens (tertiary/aromatic N) is 3. The van der Waals surface area contributed by atoms with Crippen molar-refractivity contribution in [3.05, 3.63) is 89.1 Å². The Bertz CT molecular complexity index is 1340. The molecule has 6 nitrogen and oxygen atoms in total. The smallest absolute Gasteiger partial charge is 0.145 e. The number of carbonyl (C=O) groups is 1. The summed E-state index contributed by atoms with van der Waals surface area (Å²) in [6, 6.07) is 14.8. The molecule has 0 N–H and O–H groups in total. The summed E-state index contributed by atoms with van der Waals surface area (Å²) < 4.78 is 25.4. The maximum absolute atomic E-state index is 14.4. The monoisotopic (exact) mass is 575 g/mol. The zero-order valence-electron chi connectivity index (χ0n) is 24.2. The van der Waals surface area contributed by atoms with Crippen LogP contribution < -0.4 is 9.80 Å². The molecule has 0 fully saturated rings. The fourth-order valence-corrected chi connectivity index (χ4v) is 5.38. The molecule has 0 unspecified atom stereocenters. The molecule has 41 heavy (non-hydrogen) atoms. The van der Waals surface area contributed by atoms with E-state index in [4.69, 9.17) is 27.0 Å². The van der Waals surface area contributed by atoms with Crippen LogP contribution in [0.4, 0.5) is 15.8 Å². The molecule has 2 aromatic carbocycles. The SMILES string of the molecule is C/C=C(\N(C)c1ccc(C#N)c(F)c1)C(C)(C)N(C=S)c1ccc(C2=CC=C(OCCCCOCC=O)CC2)cc1. The van der Waals surface area contributed by atoms with Crippen molar-refractivity contribution in [2.45, 2.75) is 52.0 Å². The van der Waals surface area contributed by atoms with Gasteiger partial charge in [-0.15, -0.1) is 0 Å². The number of benzene rings is 2. The molecule has 0 heterocycles. The Kier molecular flexibility index (Phi) is 11.8. The summed E-state index contributed by atoms with van der Waals surface area (Å²) in [4.78, 5) is 14.2. The average Bonchev–Trinajstić information content (AvgIpc) is 2.97. The van der Waals surface area contributed by atoms with Crippen LogP contribution in [-0.4, -0.2) is 44.2 Å². The van der Waals surface area contributed by atoms with Gasteiger partial charge < -0.3 is 24.1 Å². The maximum atomic E-state index is 14.4. The van der Waals surface area contributed by atoms with Crippen molar-refractivity contribution >= 4 is 40.9 Å². The number of allylic oxidation sites excluding steroid dienone is 5. The lowest BCUT2D eigenvalue weighted by Crippen LogP contribution is -2.48. The van der Waals surface area contributed by atoms with Gasteiger partial charge in [-0.3, -0.25) is 0 Å². The van der Waals surface area contributed by atoms with Gasteiger partial charge in [-0.25, -0.2) is 4.39 Å². The molecule has 1 aliphatic rings. The standard InChI is InChI=1S/C33H38FN3O3S/c1-5-32(36(4)29-15-10-27(23-35)31(34)22-29)33(2,3)37(24-41)28-13-8-25(9-14-28)26-11-16-30(17-12-26)40-20-7-6-19-39-21-18-38/h5,8-11,13-16,18,22,24H,6-7,12,17,19-21H2,1-4H3/b32-5-. The molecule has 3 rings (SSSR count). The zero-order valence-corrected chi connectivity index (χ0v) is 25.0. The number of hydrogen-bond acceptors (Lipinski definition) is 6. The van der Waals surface area contributed by atoms with Crippen LogP contribution in [0.25, 0.3) is 5.57 Å². The highest BCUT2D eigenvalue weighted by Gasteiger charge is 2.33. The van der Waals surface area contributed by atoms with E-state index in [2.05, 4.69) is 44.2 Å². The zero-order chi connectivity index (χ0) is 29.8. The molecule has 0 aromatic heterocycles. The Morgan fingerprint density at radius 1 is 1.10 bits per heavy atom. The molecular formula is C33H38FN3O3S.